The van der Waals surface area contributed by atoms with Gasteiger partial charge in [-0.3, -0.25) is 9.59 Å². The average molecular weight is 421 g/mol. The molecule has 28 heavy (non-hydrogen) atoms. The number of nitrogens with zero attached hydrogens (tertiary/aromatic N) is 1. The molecule has 2 amide bonds. The first-order chi connectivity index (χ1) is 13.5. The Kier molecular flexibility index (Phi) is 8.81. The molecule has 0 aliphatic carbocycles. The molecular weight excluding hydrogens is 395 g/mol. The Morgan fingerprint density at radius 3 is 2.21 bits per heavy atom. The molecule has 1 atom stereocenters. The summed E-state index contributed by atoms with van der Waals surface area (Å²) in [7, 11) is 0. The molecule has 2 rings (SSSR count). The van der Waals surface area contributed by atoms with Crippen LogP contribution < -0.4 is 5.32 Å². The molecule has 0 fully saturated rings. The van der Waals surface area contributed by atoms with Crippen LogP contribution in [0.5, 0.6) is 0 Å². The molecule has 0 bridgehead atoms. The first-order valence-electron chi connectivity index (χ1n) is 9.51. The number of amides is 2. The lowest BCUT2D eigenvalue weighted by Gasteiger charge is -2.31. The summed E-state index contributed by atoms with van der Waals surface area (Å²) >= 11 is 12.5. The Morgan fingerprint density at radius 2 is 1.64 bits per heavy atom. The van der Waals surface area contributed by atoms with Crippen molar-refractivity contribution in [1.82, 2.24) is 10.2 Å². The van der Waals surface area contributed by atoms with Crippen LogP contribution in [-0.4, -0.2) is 35.8 Å². The second-order valence-electron chi connectivity index (χ2n) is 6.52. The molecule has 150 valence electrons. The molecule has 0 spiro atoms. The summed E-state index contributed by atoms with van der Waals surface area (Å²) in [4.78, 5) is 27.4. The van der Waals surface area contributed by atoms with Crippen molar-refractivity contribution in [3.05, 3.63) is 69.7 Å². The van der Waals surface area contributed by atoms with E-state index in [2.05, 4.69) is 5.32 Å². The molecule has 0 radical (unpaired) electrons. The van der Waals surface area contributed by atoms with Crippen LogP contribution in [0.1, 0.15) is 31.4 Å². The van der Waals surface area contributed by atoms with Crippen molar-refractivity contribution in [2.45, 2.75) is 39.2 Å². The molecule has 0 aliphatic rings. The van der Waals surface area contributed by atoms with Gasteiger partial charge >= 0.3 is 0 Å². The van der Waals surface area contributed by atoms with E-state index in [9.17, 15) is 9.59 Å². The molecule has 1 unspecified atom stereocenters. The minimum Gasteiger partial charge on any atom is -0.355 e. The molecule has 0 heterocycles. The number of nitrogens with one attached hydrogen (secondary N) is 1. The number of benzene rings is 2. The summed E-state index contributed by atoms with van der Waals surface area (Å²) in [5.41, 5.74) is 1.70. The predicted molar refractivity (Wildman–Crippen MR) is 115 cm³/mol. The van der Waals surface area contributed by atoms with Gasteiger partial charge in [-0.25, -0.2) is 0 Å². The zero-order chi connectivity index (χ0) is 20.5. The quantitative estimate of drug-likeness (QED) is 0.647. The third kappa shape index (κ3) is 5.98. The minimum atomic E-state index is -0.530. The van der Waals surface area contributed by atoms with E-state index in [-0.39, 0.29) is 18.2 Å². The normalized spacial score (nSPS) is 11.7. The maximum atomic E-state index is 13.2. The molecule has 0 aliphatic heterocycles. The molecule has 4 nitrogen and oxygen atoms in total. The van der Waals surface area contributed by atoms with Gasteiger partial charge in [-0.1, -0.05) is 66.5 Å². The Hall–Kier alpha value is -2.04. The SMILES string of the molecule is CCNC(=O)C(CC)N(CCc1ccccc1)C(=O)Cc1c(Cl)cccc1Cl. The van der Waals surface area contributed by atoms with E-state index >= 15 is 0 Å². The van der Waals surface area contributed by atoms with E-state index in [0.717, 1.165) is 5.56 Å². The number of halogens is 2. The van der Waals surface area contributed by atoms with Crippen molar-refractivity contribution in [2.24, 2.45) is 0 Å². The molecule has 0 saturated carbocycles. The fraction of sp³-hybridized carbons (Fsp3) is 0.364. The Balaban J connectivity index is 2.24. The number of hydrogen-bond donors (Lipinski definition) is 1. The van der Waals surface area contributed by atoms with Gasteiger partial charge in [0.2, 0.25) is 11.8 Å². The second kappa shape index (κ2) is 11.1. The Morgan fingerprint density at radius 1 is 1.00 bits per heavy atom. The van der Waals surface area contributed by atoms with Crippen molar-refractivity contribution in [2.75, 3.05) is 13.1 Å². The van der Waals surface area contributed by atoms with Crippen LogP contribution in [0.4, 0.5) is 0 Å². The summed E-state index contributed by atoms with van der Waals surface area (Å²) in [6, 6.07) is 14.6. The number of rotatable bonds is 9. The van der Waals surface area contributed by atoms with Gasteiger partial charge in [-0.15, -0.1) is 0 Å². The highest BCUT2D eigenvalue weighted by Crippen LogP contribution is 2.25. The molecular formula is C22H26Cl2N2O2. The molecule has 6 heteroatoms. The van der Waals surface area contributed by atoms with Crippen LogP contribution in [0.15, 0.2) is 48.5 Å². The second-order valence-corrected chi connectivity index (χ2v) is 7.33. The summed E-state index contributed by atoms with van der Waals surface area (Å²) in [6.07, 6.45) is 1.25. The average Bonchev–Trinajstić information content (AvgIpc) is 2.68. The lowest BCUT2D eigenvalue weighted by Crippen LogP contribution is -2.50. The zero-order valence-corrected chi connectivity index (χ0v) is 17.8. The maximum Gasteiger partial charge on any atom is 0.242 e. The topological polar surface area (TPSA) is 49.4 Å². The van der Waals surface area contributed by atoms with Crippen molar-refractivity contribution in [3.8, 4) is 0 Å². The van der Waals surface area contributed by atoms with Crippen molar-refractivity contribution in [1.29, 1.82) is 0 Å². The van der Waals surface area contributed by atoms with Crippen LogP contribution in [0.2, 0.25) is 10.0 Å². The third-order valence-corrected chi connectivity index (χ3v) is 5.32. The number of hydrogen-bond acceptors (Lipinski definition) is 2. The fourth-order valence-electron chi connectivity index (χ4n) is 3.14. The summed E-state index contributed by atoms with van der Waals surface area (Å²) < 4.78 is 0. The summed E-state index contributed by atoms with van der Waals surface area (Å²) in [5.74, 6) is -0.305. The van der Waals surface area contributed by atoms with E-state index in [1.165, 1.54) is 0 Å². The fourth-order valence-corrected chi connectivity index (χ4v) is 3.67. The van der Waals surface area contributed by atoms with E-state index in [1.54, 1.807) is 23.1 Å². The van der Waals surface area contributed by atoms with Gasteiger partial charge in [0.15, 0.2) is 0 Å². The van der Waals surface area contributed by atoms with E-state index < -0.39 is 6.04 Å². The van der Waals surface area contributed by atoms with Gasteiger partial charge in [0, 0.05) is 23.1 Å². The first kappa shape index (κ1) is 22.3. The van der Waals surface area contributed by atoms with Crippen molar-refractivity contribution < 1.29 is 9.59 Å². The third-order valence-electron chi connectivity index (χ3n) is 4.61. The maximum absolute atomic E-state index is 13.2. The van der Waals surface area contributed by atoms with Crippen LogP contribution in [0.25, 0.3) is 0 Å². The van der Waals surface area contributed by atoms with Crippen LogP contribution in [-0.2, 0) is 22.4 Å². The standard InChI is InChI=1S/C22H26Cl2N2O2/c1-3-20(22(28)25-4-2)26(14-13-16-9-6-5-7-10-16)21(27)15-17-18(23)11-8-12-19(17)24/h5-12,20H,3-4,13-15H2,1-2H3,(H,25,28). The molecule has 2 aromatic rings. The highest BCUT2D eigenvalue weighted by Gasteiger charge is 2.28. The van der Waals surface area contributed by atoms with Crippen molar-refractivity contribution >= 4 is 35.0 Å². The predicted octanol–water partition coefficient (Wildman–Crippen LogP) is 4.52. The van der Waals surface area contributed by atoms with Gasteiger partial charge in [0.1, 0.15) is 6.04 Å². The smallest absolute Gasteiger partial charge is 0.242 e. The van der Waals surface area contributed by atoms with Crippen LogP contribution in [0.3, 0.4) is 0 Å². The van der Waals surface area contributed by atoms with Crippen molar-refractivity contribution in [3.63, 3.8) is 0 Å². The number of carbonyl (C=O) groups is 2. The Labute approximate surface area is 176 Å². The lowest BCUT2D eigenvalue weighted by atomic mass is 10.1. The van der Waals surface area contributed by atoms with Crippen LogP contribution >= 0.6 is 23.2 Å². The largest absolute Gasteiger partial charge is 0.355 e. The monoisotopic (exact) mass is 420 g/mol. The Bertz CT molecular complexity index is 776. The van der Waals surface area contributed by atoms with E-state index in [1.807, 2.05) is 44.2 Å². The van der Waals surface area contributed by atoms with Gasteiger partial charge in [0.25, 0.3) is 0 Å². The molecule has 0 aromatic heterocycles. The highest BCUT2D eigenvalue weighted by atomic mass is 35.5. The van der Waals surface area contributed by atoms with Gasteiger partial charge < -0.3 is 10.2 Å². The minimum absolute atomic E-state index is 0.0587. The molecule has 0 saturated heterocycles. The zero-order valence-electron chi connectivity index (χ0n) is 16.3. The number of likely N-dealkylation sites (N-methyl/N-ethyl adjacent to an activating group) is 1. The van der Waals surface area contributed by atoms with Crippen LogP contribution in [0, 0.1) is 0 Å². The van der Waals surface area contributed by atoms with Gasteiger partial charge in [-0.05, 0) is 43.0 Å². The molecule has 2 aromatic carbocycles. The molecule has 1 N–H and O–H groups in total. The van der Waals surface area contributed by atoms with Gasteiger partial charge in [0.05, 0.1) is 6.42 Å². The summed E-state index contributed by atoms with van der Waals surface area (Å²) in [5, 5.41) is 3.74. The highest BCUT2D eigenvalue weighted by molar-refractivity contribution is 6.36. The lowest BCUT2D eigenvalue weighted by molar-refractivity contribution is -0.140. The first-order valence-corrected chi connectivity index (χ1v) is 10.3. The number of carbonyl (C=O) groups excluding carboxylic acids is 2. The van der Waals surface area contributed by atoms with E-state index in [0.29, 0.717) is 41.5 Å². The summed E-state index contributed by atoms with van der Waals surface area (Å²) in [6.45, 7) is 4.74. The van der Waals surface area contributed by atoms with E-state index in [4.69, 9.17) is 23.2 Å². The van der Waals surface area contributed by atoms with Gasteiger partial charge in [-0.2, -0.15) is 0 Å².